The van der Waals surface area contributed by atoms with Crippen LogP contribution in [0.4, 0.5) is 0 Å². The fraction of sp³-hybridized carbons (Fsp3) is 0.300. The maximum Gasteiger partial charge on any atom is 0.200 e. The van der Waals surface area contributed by atoms with Crippen molar-refractivity contribution in [2.24, 2.45) is 0 Å². The van der Waals surface area contributed by atoms with Crippen LogP contribution in [0.15, 0.2) is 36.7 Å². The second-order valence-electron chi connectivity index (χ2n) is 7.21. The van der Waals surface area contributed by atoms with Gasteiger partial charge in [-0.15, -0.1) is 0 Å². The van der Waals surface area contributed by atoms with Gasteiger partial charge in [-0.1, -0.05) is 41.4 Å². The Labute approximate surface area is 178 Å². The van der Waals surface area contributed by atoms with Gasteiger partial charge in [-0.05, 0) is 45.5 Å². The summed E-state index contributed by atoms with van der Waals surface area (Å²) in [4.78, 5) is 0. The standard InChI is InChI=1S/C20H22ClN7S/c1-12-5-7-16(8-6-12)10-26-11-17(9-22-26)27-19(23-24-20(27)29)15(4)28-14(3)18(21)13(2)25-28/h5-9,11,15H,10H2,1-4H3,(H,24,29)/t15-/m1/s1. The Hall–Kier alpha value is -2.71. The maximum atomic E-state index is 6.33. The van der Waals surface area contributed by atoms with Crippen LogP contribution < -0.4 is 0 Å². The van der Waals surface area contributed by atoms with Crippen LogP contribution in [0.25, 0.3) is 5.69 Å². The molecule has 1 atom stereocenters. The fourth-order valence-corrected chi connectivity index (χ4v) is 3.77. The molecule has 0 radical (unpaired) electrons. The highest BCUT2D eigenvalue weighted by Crippen LogP contribution is 2.26. The van der Waals surface area contributed by atoms with E-state index < -0.39 is 0 Å². The topological polar surface area (TPSA) is 69.2 Å². The zero-order chi connectivity index (χ0) is 20.7. The zero-order valence-electron chi connectivity index (χ0n) is 16.7. The Balaban J connectivity index is 1.67. The van der Waals surface area contributed by atoms with Crippen molar-refractivity contribution in [3.63, 3.8) is 0 Å². The lowest BCUT2D eigenvalue weighted by molar-refractivity contribution is 0.513. The van der Waals surface area contributed by atoms with Gasteiger partial charge in [-0.3, -0.25) is 19.0 Å². The summed E-state index contributed by atoms with van der Waals surface area (Å²) in [6.45, 7) is 8.63. The third-order valence-corrected chi connectivity index (χ3v) is 5.84. The summed E-state index contributed by atoms with van der Waals surface area (Å²) >= 11 is 11.8. The Kier molecular flexibility index (Phi) is 5.14. The van der Waals surface area contributed by atoms with E-state index in [4.69, 9.17) is 23.8 Å². The molecule has 0 saturated carbocycles. The number of hydrogen-bond acceptors (Lipinski definition) is 4. The molecule has 1 N–H and O–H groups in total. The number of aryl methyl sites for hydroxylation is 2. The lowest BCUT2D eigenvalue weighted by atomic mass is 10.1. The van der Waals surface area contributed by atoms with Crippen LogP contribution in [0.3, 0.4) is 0 Å². The molecule has 0 saturated heterocycles. The molecule has 0 spiro atoms. The quantitative estimate of drug-likeness (QED) is 0.474. The largest absolute Gasteiger partial charge is 0.267 e. The van der Waals surface area contributed by atoms with Crippen LogP contribution in [-0.2, 0) is 6.54 Å². The first-order valence-electron chi connectivity index (χ1n) is 9.32. The average molecular weight is 428 g/mol. The molecular formula is C20H22ClN7S. The molecule has 3 aromatic heterocycles. The van der Waals surface area contributed by atoms with Crippen molar-refractivity contribution in [1.82, 2.24) is 34.3 Å². The molecule has 0 aliphatic heterocycles. The van der Waals surface area contributed by atoms with E-state index in [9.17, 15) is 0 Å². The molecule has 0 aliphatic carbocycles. The van der Waals surface area contributed by atoms with Crippen molar-refractivity contribution in [3.05, 3.63) is 74.8 Å². The van der Waals surface area contributed by atoms with Crippen LogP contribution in [-0.4, -0.2) is 34.3 Å². The molecule has 4 rings (SSSR count). The van der Waals surface area contributed by atoms with Crippen LogP contribution in [0.2, 0.25) is 5.02 Å². The summed E-state index contributed by atoms with van der Waals surface area (Å²) in [6.07, 6.45) is 3.76. The van der Waals surface area contributed by atoms with Crippen molar-refractivity contribution in [2.75, 3.05) is 0 Å². The number of nitrogens with zero attached hydrogens (tertiary/aromatic N) is 6. The van der Waals surface area contributed by atoms with Crippen LogP contribution in [0, 0.1) is 25.5 Å². The number of benzene rings is 1. The van der Waals surface area contributed by atoms with Gasteiger partial charge >= 0.3 is 0 Å². The first-order chi connectivity index (χ1) is 13.8. The van der Waals surface area contributed by atoms with Gasteiger partial charge in [0.05, 0.1) is 34.8 Å². The van der Waals surface area contributed by atoms with Crippen LogP contribution in [0.5, 0.6) is 0 Å². The second-order valence-corrected chi connectivity index (χ2v) is 7.97. The highest BCUT2D eigenvalue weighted by molar-refractivity contribution is 7.71. The van der Waals surface area contributed by atoms with E-state index in [1.807, 2.05) is 40.9 Å². The van der Waals surface area contributed by atoms with Gasteiger partial charge in [0.15, 0.2) is 10.6 Å². The summed E-state index contributed by atoms with van der Waals surface area (Å²) in [6, 6.07) is 8.27. The maximum absolute atomic E-state index is 6.33. The molecule has 4 aromatic rings. The van der Waals surface area contributed by atoms with E-state index in [-0.39, 0.29) is 6.04 Å². The van der Waals surface area contributed by atoms with Gasteiger partial charge in [0.25, 0.3) is 0 Å². The van der Waals surface area contributed by atoms with E-state index in [0.717, 1.165) is 22.9 Å². The van der Waals surface area contributed by atoms with Gasteiger partial charge in [0.1, 0.15) is 6.04 Å². The summed E-state index contributed by atoms with van der Waals surface area (Å²) in [5.41, 5.74) is 4.97. The molecule has 0 fully saturated rings. The van der Waals surface area contributed by atoms with Crippen molar-refractivity contribution in [1.29, 1.82) is 0 Å². The predicted octanol–water partition coefficient (Wildman–Crippen LogP) is 4.56. The molecule has 0 amide bonds. The van der Waals surface area contributed by atoms with Gasteiger partial charge in [0.2, 0.25) is 0 Å². The molecular weight excluding hydrogens is 406 g/mol. The number of aromatic amines is 1. The first kappa shape index (κ1) is 19.6. The fourth-order valence-electron chi connectivity index (χ4n) is 3.40. The van der Waals surface area contributed by atoms with Gasteiger partial charge in [-0.25, -0.2) is 0 Å². The van der Waals surface area contributed by atoms with Crippen molar-refractivity contribution < 1.29 is 0 Å². The minimum absolute atomic E-state index is 0.158. The molecule has 150 valence electrons. The summed E-state index contributed by atoms with van der Waals surface area (Å²) in [5.74, 6) is 0.743. The molecule has 0 bridgehead atoms. The zero-order valence-corrected chi connectivity index (χ0v) is 18.3. The Morgan fingerprint density at radius 1 is 1.17 bits per heavy atom. The van der Waals surface area contributed by atoms with Crippen molar-refractivity contribution in [2.45, 2.75) is 40.3 Å². The Morgan fingerprint density at radius 3 is 2.55 bits per heavy atom. The van der Waals surface area contributed by atoms with Gasteiger partial charge < -0.3 is 0 Å². The number of halogens is 1. The first-order valence-corrected chi connectivity index (χ1v) is 10.1. The lowest BCUT2D eigenvalue weighted by Crippen LogP contribution is -2.15. The monoisotopic (exact) mass is 427 g/mol. The number of hydrogen-bond donors (Lipinski definition) is 1. The second kappa shape index (κ2) is 7.61. The Bertz CT molecular complexity index is 1210. The van der Waals surface area contributed by atoms with Crippen molar-refractivity contribution >= 4 is 23.8 Å². The van der Waals surface area contributed by atoms with Crippen LogP contribution >= 0.6 is 23.8 Å². The average Bonchev–Trinajstić information content (AvgIpc) is 3.38. The van der Waals surface area contributed by atoms with E-state index >= 15 is 0 Å². The van der Waals surface area contributed by atoms with E-state index in [2.05, 4.69) is 51.6 Å². The SMILES string of the molecule is Cc1ccc(Cn2cc(-n3c([C@@H](C)n4nc(C)c(Cl)c4C)n[nH]c3=S)cn2)cc1. The smallest absolute Gasteiger partial charge is 0.200 e. The molecule has 0 unspecified atom stereocenters. The normalized spacial score (nSPS) is 12.4. The number of H-pyrrole nitrogens is 1. The Morgan fingerprint density at radius 2 is 1.90 bits per heavy atom. The molecule has 9 heteroatoms. The molecule has 1 aromatic carbocycles. The predicted molar refractivity (Wildman–Crippen MR) is 115 cm³/mol. The van der Waals surface area contributed by atoms with Crippen LogP contribution in [0.1, 0.15) is 41.3 Å². The number of aromatic nitrogens is 7. The third kappa shape index (κ3) is 3.65. The molecule has 7 nitrogen and oxygen atoms in total. The van der Waals surface area contributed by atoms with Gasteiger partial charge in [0, 0.05) is 6.20 Å². The van der Waals surface area contributed by atoms with E-state index in [0.29, 0.717) is 16.3 Å². The van der Waals surface area contributed by atoms with Crippen molar-refractivity contribution in [3.8, 4) is 5.69 Å². The highest BCUT2D eigenvalue weighted by Gasteiger charge is 2.22. The van der Waals surface area contributed by atoms with Gasteiger partial charge in [-0.2, -0.15) is 15.3 Å². The molecule has 29 heavy (non-hydrogen) atoms. The van der Waals surface area contributed by atoms with E-state index in [1.165, 1.54) is 11.1 Å². The number of nitrogens with one attached hydrogen (secondary N) is 1. The summed E-state index contributed by atoms with van der Waals surface area (Å²) < 4.78 is 6.16. The minimum Gasteiger partial charge on any atom is -0.267 e. The summed E-state index contributed by atoms with van der Waals surface area (Å²) in [5, 5.41) is 17.1. The third-order valence-electron chi connectivity index (χ3n) is 5.02. The summed E-state index contributed by atoms with van der Waals surface area (Å²) in [7, 11) is 0. The molecule has 0 aliphatic rings. The minimum atomic E-state index is -0.158. The number of rotatable bonds is 5. The van der Waals surface area contributed by atoms with E-state index in [1.54, 1.807) is 6.20 Å². The molecule has 3 heterocycles. The lowest BCUT2D eigenvalue weighted by Gasteiger charge is -2.14. The highest BCUT2D eigenvalue weighted by atomic mass is 35.5.